The fourth-order valence-electron chi connectivity index (χ4n) is 1.60. The Morgan fingerprint density at radius 3 is 2.71 bits per heavy atom. The fraction of sp³-hybridized carbons (Fsp3) is 0.143. The van der Waals surface area contributed by atoms with Crippen molar-refractivity contribution in [3.05, 3.63) is 59.4 Å². The molecule has 0 aliphatic carbocycles. The molecule has 2 rings (SSSR count). The van der Waals surface area contributed by atoms with Crippen molar-refractivity contribution in [1.82, 2.24) is 4.98 Å². The van der Waals surface area contributed by atoms with Crippen LogP contribution < -0.4 is 4.74 Å². The predicted octanol–water partition coefficient (Wildman–Crippen LogP) is 2.78. The van der Waals surface area contributed by atoms with Crippen molar-refractivity contribution in [3.63, 3.8) is 0 Å². The summed E-state index contributed by atoms with van der Waals surface area (Å²) in [6.07, 6.45) is 4.25. The van der Waals surface area contributed by atoms with Crippen molar-refractivity contribution >= 4 is 6.29 Å². The minimum atomic E-state index is 0.439. The van der Waals surface area contributed by atoms with Crippen LogP contribution in [0.3, 0.4) is 0 Å². The van der Waals surface area contributed by atoms with Crippen molar-refractivity contribution in [2.75, 3.05) is 0 Å². The molecule has 0 spiro atoms. The predicted molar refractivity (Wildman–Crippen MR) is 65.1 cm³/mol. The molecule has 0 aliphatic rings. The Kier molecular flexibility index (Phi) is 3.50. The van der Waals surface area contributed by atoms with Crippen molar-refractivity contribution in [2.45, 2.75) is 13.5 Å². The van der Waals surface area contributed by atoms with Gasteiger partial charge in [-0.05, 0) is 36.2 Å². The van der Waals surface area contributed by atoms with E-state index >= 15 is 0 Å². The minimum absolute atomic E-state index is 0.439. The molecular formula is C14H13NO2. The molecule has 0 saturated carbocycles. The fourth-order valence-corrected chi connectivity index (χ4v) is 1.60. The number of benzene rings is 1. The van der Waals surface area contributed by atoms with Gasteiger partial charge in [0.2, 0.25) is 0 Å². The third-order valence-corrected chi connectivity index (χ3v) is 2.50. The summed E-state index contributed by atoms with van der Waals surface area (Å²) < 4.78 is 5.69. The third-order valence-electron chi connectivity index (χ3n) is 2.50. The number of aryl methyl sites for hydroxylation is 1. The zero-order valence-corrected chi connectivity index (χ0v) is 9.59. The Bertz CT molecular complexity index is 509. The highest BCUT2D eigenvalue weighted by Gasteiger charge is 2.06. The van der Waals surface area contributed by atoms with Gasteiger partial charge in [-0.3, -0.25) is 9.78 Å². The molecule has 1 heterocycles. The van der Waals surface area contributed by atoms with E-state index in [-0.39, 0.29) is 0 Å². The maximum atomic E-state index is 10.9. The number of ether oxygens (including phenoxy) is 1. The van der Waals surface area contributed by atoms with Crippen LogP contribution in [0.25, 0.3) is 0 Å². The van der Waals surface area contributed by atoms with Gasteiger partial charge in [-0.15, -0.1) is 0 Å². The number of hydrogen-bond donors (Lipinski definition) is 0. The number of para-hydroxylation sites is 1. The topological polar surface area (TPSA) is 39.2 Å². The van der Waals surface area contributed by atoms with Crippen LogP contribution in [0.1, 0.15) is 21.5 Å². The molecular weight excluding hydrogens is 214 g/mol. The molecule has 0 saturated heterocycles. The summed E-state index contributed by atoms with van der Waals surface area (Å²) in [5.74, 6) is 0.652. The van der Waals surface area contributed by atoms with Crippen LogP contribution >= 0.6 is 0 Å². The quantitative estimate of drug-likeness (QED) is 0.754. The summed E-state index contributed by atoms with van der Waals surface area (Å²) in [4.78, 5) is 14.8. The number of rotatable bonds is 4. The van der Waals surface area contributed by atoms with Gasteiger partial charge in [0.1, 0.15) is 12.4 Å². The van der Waals surface area contributed by atoms with E-state index in [1.807, 2.05) is 31.2 Å². The number of hydrogen-bond acceptors (Lipinski definition) is 3. The average molecular weight is 227 g/mol. The van der Waals surface area contributed by atoms with Crippen LogP contribution in [0.2, 0.25) is 0 Å². The molecule has 3 heteroatoms. The van der Waals surface area contributed by atoms with Crippen molar-refractivity contribution < 1.29 is 9.53 Å². The smallest absolute Gasteiger partial charge is 0.153 e. The van der Waals surface area contributed by atoms with E-state index in [4.69, 9.17) is 4.74 Å². The van der Waals surface area contributed by atoms with Crippen LogP contribution in [-0.2, 0) is 6.61 Å². The van der Waals surface area contributed by atoms with Gasteiger partial charge in [0, 0.05) is 12.4 Å². The second-order valence-corrected chi connectivity index (χ2v) is 3.76. The highest BCUT2D eigenvalue weighted by Crippen LogP contribution is 2.22. The van der Waals surface area contributed by atoms with Crippen LogP contribution in [0.5, 0.6) is 5.75 Å². The van der Waals surface area contributed by atoms with Gasteiger partial charge < -0.3 is 4.74 Å². The summed E-state index contributed by atoms with van der Waals surface area (Å²) in [6.45, 7) is 2.36. The molecule has 3 nitrogen and oxygen atoms in total. The Hall–Kier alpha value is -2.16. The molecule has 17 heavy (non-hydrogen) atoms. The maximum absolute atomic E-state index is 10.9. The molecule has 1 aromatic heterocycles. The molecule has 1 aromatic carbocycles. The molecule has 0 atom stereocenters. The van der Waals surface area contributed by atoms with Crippen molar-refractivity contribution in [2.24, 2.45) is 0 Å². The highest BCUT2D eigenvalue weighted by molar-refractivity contribution is 5.80. The second-order valence-electron chi connectivity index (χ2n) is 3.76. The lowest BCUT2D eigenvalue weighted by Gasteiger charge is -2.10. The highest BCUT2D eigenvalue weighted by atomic mass is 16.5. The Labute approximate surface area is 100 Å². The summed E-state index contributed by atoms with van der Waals surface area (Å²) >= 11 is 0. The van der Waals surface area contributed by atoms with Gasteiger partial charge in [0.25, 0.3) is 0 Å². The van der Waals surface area contributed by atoms with Crippen LogP contribution in [-0.4, -0.2) is 11.3 Å². The minimum Gasteiger partial charge on any atom is -0.488 e. The van der Waals surface area contributed by atoms with Gasteiger partial charge in [-0.25, -0.2) is 0 Å². The molecule has 86 valence electrons. The van der Waals surface area contributed by atoms with E-state index in [1.165, 1.54) is 0 Å². The monoisotopic (exact) mass is 227 g/mol. The molecule has 0 unspecified atom stereocenters. The number of aromatic nitrogens is 1. The van der Waals surface area contributed by atoms with Crippen molar-refractivity contribution in [3.8, 4) is 5.75 Å². The van der Waals surface area contributed by atoms with Crippen LogP contribution in [0, 0.1) is 6.92 Å². The molecule has 0 bridgehead atoms. The summed E-state index contributed by atoms with van der Waals surface area (Å²) in [5.41, 5.74) is 2.57. The number of carbonyl (C=O) groups excluding carboxylic acids is 1. The summed E-state index contributed by atoms with van der Waals surface area (Å²) in [7, 11) is 0. The molecule has 0 amide bonds. The van der Waals surface area contributed by atoms with Gasteiger partial charge in [0.05, 0.1) is 5.56 Å². The first-order chi connectivity index (χ1) is 8.31. The number of carbonyl (C=O) groups is 1. The van der Waals surface area contributed by atoms with E-state index in [2.05, 4.69) is 4.98 Å². The molecule has 0 N–H and O–H groups in total. The van der Waals surface area contributed by atoms with E-state index < -0.39 is 0 Å². The Balaban J connectivity index is 2.16. The first-order valence-electron chi connectivity index (χ1n) is 5.38. The SMILES string of the molecule is Cc1cccc(C=O)c1OCc1ccncc1. The third kappa shape index (κ3) is 2.69. The average Bonchev–Trinajstić information content (AvgIpc) is 2.38. The maximum Gasteiger partial charge on any atom is 0.153 e. The van der Waals surface area contributed by atoms with Crippen molar-refractivity contribution in [1.29, 1.82) is 0 Å². The number of nitrogens with zero attached hydrogens (tertiary/aromatic N) is 1. The van der Waals surface area contributed by atoms with E-state index in [0.29, 0.717) is 17.9 Å². The largest absolute Gasteiger partial charge is 0.488 e. The summed E-state index contributed by atoms with van der Waals surface area (Å²) in [6, 6.07) is 9.30. The first-order valence-corrected chi connectivity index (χ1v) is 5.38. The van der Waals surface area contributed by atoms with Crippen LogP contribution in [0.15, 0.2) is 42.7 Å². The molecule has 0 radical (unpaired) electrons. The number of pyridine rings is 1. The van der Waals surface area contributed by atoms with Gasteiger partial charge in [-0.1, -0.05) is 12.1 Å². The molecule has 0 fully saturated rings. The Morgan fingerprint density at radius 1 is 1.24 bits per heavy atom. The normalized spacial score (nSPS) is 9.94. The lowest BCUT2D eigenvalue weighted by atomic mass is 10.1. The second kappa shape index (κ2) is 5.25. The first kappa shape index (κ1) is 11.3. The lowest BCUT2D eigenvalue weighted by Crippen LogP contribution is -2.00. The van der Waals surface area contributed by atoms with Gasteiger partial charge in [0.15, 0.2) is 6.29 Å². The Morgan fingerprint density at radius 2 is 2.00 bits per heavy atom. The standard InChI is InChI=1S/C14H13NO2/c1-11-3-2-4-13(9-16)14(11)17-10-12-5-7-15-8-6-12/h2-9H,10H2,1H3. The van der Waals surface area contributed by atoms with Gasteiger partial charge in [-0.2, -0.15) is 0 Å². The number of aldehydes is 1. The summed E-state index contributed by atoms with van der Waals surface area (Å²) in [5, 5.41) is 0. The molecule has 0 aliphatic heterocycles. The van der Waals surface area contributed by atoms with Gasteiger partial charge >= 0.3 is 0 Å². The molecule has 2 aromatic rings. The van der Waals surface area contributed by atoms with E-state index in [9.17, 15) is 4.79 Å². The zero-order valence-electron chi connectivity index (χ0n) is 9.59. The lowest BCUT2D eigenvalue weighted by molar-refractivity contribution is 0.111. The van der Waals surface area contributed by atoms with E-state index in [0.717, 1.165) is 17.4 Å². The van der Waals surface area contributed by atoms with Crippen LogP contribution in [0.4, 0.5) is 0 Å². The van der Waals surface area contributed by atoms with E-state index in [1.54, 1.807) is 18.5 Å². The zero-order chi connectivity index (χ0) is 12.1.